The third-order valence-corrected chi connectivity index (χ3v) is 5.05. The fourth-order valence-corrected chi connectivity index (χ4v) is 3.11. The van der Waals surface area contributed by atoms with Crippen LogP contribution in [0.1, 0.15) is 24.0 Å². The number of anilines is 1. The Morgan fingerprint density at radius 1 is 1.04 bits per heavy atom. The number of aryl methyl sites for hydroxylation is 1. The lowest BCUT2D eigenvalue weighted by Gasteiger charge is -2.39. The first-order valence-electron chi connectivity index (χ1n) is 9.48. The average molecular weight is 364 g/mol. The van der Waals surface area contributed by atoms with Gasteiger partial charge in [0, 0.05) is 11.6 Å². The van der Waals surface area contributed by atoms with Gasteiger partial charge >= 0.3 is 0 Å². The number of hydrogen-bond donors (Lipinski definition) is 1. The van der Waals surface area contributed by atoms with Gasteiger partial charge in [-0.05, 0) is 49.6 Å². The molecule has 4 rings (SSSR count). The number of carbonyl (C=O) groups excluding carboxylic acids is 2. The van der Waals surface area contributed by atoms with Gasteiger partial charge in [0.25, 0.3) is 0 Å². The molecule has 0 unspecified atom stereocenters. The summed E-state index contributed by atoms with van der Waals surface area (Å²) < 4.78 is 5.88. The van der Waals surface area contributed by atoms with E-state index in [1.54, 1.807) is 0 Å². The third kappa shape index (κ3) is 4.48. The summed E-state index contributed by atoms with van der Waals surface area (Å²) in [5.41, 5.74) is 2.94. The molecule has 2 aromatic carbocycles. The monoisotopic (exact) mass is 364 g/mol. The number of rotatable bonds is 6. The topological polar surface area (TPSA) is 58.6 Å². The Morgan fingerprint density at radius 2 is 1.70 bits per heavy atom. The molecule has 0 spiro atoms. The van der Waals surface area contributed by atoms with Crippen molar-refractivity contribution >= 4 is 17.5 Å². The highest BCUT2D eigenvalue weighted by Gasteiger charge is 2.32. The predicted molar refractivity (Wildman–Crippen MR) is 104 cm³/mol. The van der Waals surface area contributed by atoms with Gasteiger partial charge in [0.1, 0.15) is 11.9 Å². The van der Waals surface area contributed by atoms with Crippen LogP contribution < -0.4 is 10.1 Å². The lowest BCUT2D eigenvalue weighted by molar-refractivity contribution is -0.139. The van der Waals surface area contributed by atoms with Crippen molar-refractivity contribution in [2.45, 2.75) is 32.3 Å². The molecule has 2 fully saturated rings. The molecule has 0 atom stereocenters. The Labute approximate surface area is 159 Å². The molecule has 0 bridgehead atoms. The van der Waals surface area contributed by atoms with Crippen LogP contribution in [0.25, 0.3) is 0 Å². The van der Waals surface area contributed by atoms with Gasteiger partial charge in [-0.25, -0.2) is 0 Å². The van der Waals surface area contributed by atoms with Crippen molar-refractivity contribution in [2.75, 3.05) is 18.4 Å². The zero-order valence-corrected chi connectivity index (χ0v) is 15.5. The molecule has 1 saturated carbocycles. The number of hydrogen-bond acceptors (Lipinski definition) is 3. The Bertz CT molecular complexity index is 820. The van der Waals surface area contributed by atoms with Gasteiger partial charge in [-0.1, -0.05) is 29.8 Å². The number of benzene rings is 2. The van der Waals surface area contributed by atoms with Gasteiger partial charge in [-0.3, -0.25) is 9.59 Å². The average Bonchev–Trinajstić information content (AvgIpc) is 3.46. The molecule has 5 heteroatoms. The minimum atomic E-state index is 0.0664. The quantitative estimate of drug-likeness (QED) is 0.856. The molecule has 0 aromatic heterocycles. The van der Waals surface area contributed by atoms with Gasteiger partial charge in [0.2, 0.25) is 11.8 Å². The smallest absolute Gasteiger partial charge is 0.227 e. The number of likely N-dealkylation sites (tertiary alicyclic amines) is 1. The standard InChI is InChI=1S/C22H24N2O3/c1-15-2-10-19(11-3-15)27-20-13-24(14-20)21(25)12-16-4-8-18(9-5-16)23-22(26)17-6-7-17/h2-5,8-11,17,20H,6-7,12-14H2,1H3,(H,23,26). The largest absolute Gasteiger partial charge is 0.487 e. The van der Waals surface area contributed by atoms with Crippen molar-refractivity contribution in [3.8, 4) is 5.75 Å². The maximum absolute atomic E-state index is 12.4. The molecule has 2 amide bonds. The summed E-state index contributed by atoms with van der Waals surface area (Å²) in [6, 6.07) is 15.5. The summed E-state index contributed by atoms with van der Waals surface area (Å²) >= 11 is 0. The van der Waals surface area contributed by atoms with Gasteiger partial charge in [0.15, 0.2) is 0 Å². The molecule has 2 aromatic rings. The maximum atomic E-state index is 12.4. The fourth-order valence-electron chi connectivity index (χ4n) is 3.11. The molecule has 140 valence electrons. The van der Waals surface area contributed by atoms with Crippen LogP contribution in [0.4, 0.5) is 5.69 Å². The summed E-state index contributed by atoms with van der Waals surface area (Å²) in [7, 11) is 0. The summed E-state index contributed by atoms with van der Waals surface area (Å²) in [4.78, 5) is 26.0. The van der Waals surface area contributed by atoms with E-state index in [0.29, 0.717) is 19.5 Å². The zero-order chi connectivity index (χ0) is 18.8. The minimum absolute atomic E-state index is 0.0664. The van der Waals surface area contributed by atoms with Crippen LogP contribution >= 0.6 is 0 Å². The van der Waals surface area contributed by atoms with Crippen LogP contribution in [0.2, 0.25) is 0 Å². The molecular weight excluding hydrogens is 340 g/mol. The van der Waals surface area contributed by atoms with Crippen LogP contribution in [0.5, 0.6) is 5.75 Å². The van der Waals surface area contributed by atoms with Crippen LogP contribution in [0.3, 0.4) is 0 Å². The van der Waals surface area contributed by atoms with Crippen molar-refractivity contribution in [1.82, 2.24) is 4.90 Å². The highest BCUT2D eigenvalue weighted by molar-refractivity contribution is 5.94. The summed E-state index contributed by atoms with van der Waals surface area (Å²) in [5.74, 6) is 1.24. The van der Waals surface area contributed by atoms with E-state index in [0.717, 1.165) is 29.8 Å². The molecule has 1 saturated heterocycles. The van der Waals surface area contributed by atoms with E-state index in [-0.39, 0.29) is 23.8 Å². The van der Waals surface area contributed by atoms with Crippen molar-refractivity contribution in [2.24, 2.45) is 5.92 Å². The molecule has 1 heterocycles. The molecule has 5 nitrogen and oxygen atoms in total. The van der Waals surface area contributed by atoms with Gasteiger partial charge < -0.3 is 15.0 Å². The summed E-state index contributed by atoms with van der Waals surface area (Å²) in [6.45, 7) is 3.30. The Kier molecular flexibility index (Phi) is 4.84. The van der Waals surface area contributed by atoms with Gasteiger partial charge in [-0.15, -0.1) is 0 Å². The first-order valence-corrected chi connectivity index (χ1v) is 9.48. The second-order valence-electron chi connectivity index (χ2n) is 7.49. The molecule has 1 aliphatic carbocycles. The highest BCUT2D eigenvalue weighted by Crippen LogP contribution is 2.30. The molecule has 27 heavy (non-hydrogen) atoms. The lowest BCUT2D eigenvalue weighted by atomic mass is 10.1. The highest BCUT2D eigenvalue weighted by atomic mass is 16.5. The van der Waals surface area contributed by atoms with E-state index in [2.05, 4.69) is 5.32 Å². The number of nitrogens with one attached hydrogen (secondary N) is 1. The zero-order valence-electron chi connectivity index (χ0n) is 15.5. The number of ether oxygens (including phenoxy) is 1. The molecule has 1 aliphatic heterocycles. The van der Waals surface area contributed by atoms with Crippen molar-refractivity contribution < 1.29 is 14.3 Å². The van der Waals surface area contributed by atoms with E-state index >= 15 is 0 Å². The predicted octanol–water partition coefficient (Wildman–Crippen LogP) is 3.18. The van der Waals surface area contributed by atoms with E-state index in [9.17, 15) is 9.59 Å². The Balaban J connectivity index is 1.22. The van der Waals surface area contributed by atoms with E-state index in [1.165, 1.54) is 5.56 Å². The molecule has 1 N–H and O–H groups in total. The Morgan fingerprint density at radius 3 is 2.33 bits per heavy atom. The third-order valence-electron chi connectivity index (χ3n) is 5.05. The number of carbonyl (C=O) groups is 2. The molecule has 2 aliphatic rings. The first kappa shape index (κ1) is 17.6. The number of nitrogens with zero attached hydrogens (tertiary/aromatic N) is 1. The fraction of sp³-hybridized carbons (Fsp3) is 0.364. The van der Waals surface area contributed by atoms with Crippen LogP contribution in [0.15, 0.2) is 48.5 Å². The molecule has 0 radical (unpaired) electrons. The Hall–Kier alpha value is -2.82. The first-order chi connectivity index (χ1) is 13.1. The van der Waals surface area contributed by atoms with Crippen molar-refractivity contribution in [3.05, 3.63) is 59.7 Å². The van der Waals surface area contributed by atoms with Gasteiger partial charge in [-0.2, -0.15) is 0 Å². The van der Waals surface area contributed by atoms with Crippen molar-refractivity contribution in [3.63, 3.8) is 0 Å². The SMILES string of the molecule is Cc1ccc(OC2CN(C(=O)Cc3ccc(NC(=O)C4CC4)cc3)C2)cc1. The normalized spacial score (nSPS) is 16.6. The second-order valence-corrected chi connectivity index (χ2v) is 7.49. The minimum Gasteiger partial charge on any atom is -0.487 e. The van der Waals surface area contributed by atoms with Crippen LogP contribution in [-0.4, -0.2) is 35.9 Å². The van der Waals surface area contributed by atoms with E-state index in [1.807, 2.05) is 60.4 Å². The van der Waals surface area contributed by atoms with Crippen LogP contribution in [-0.2, 0) is 16.0 Å². The van der Waals surface area contributed by atoms with Crippen molar-refractivity contribution in [1.29, 1.82) is 0 Å². The summed E-state index contributed by atoms with van der Waals surface area (Å²) in [6.07, 6.45) is 2.41. The second kappa shape index (κ2) is 7.43. The van der Waals surface area contributed by atoms with Crippen LogP contribution in [0, 0.1) is 12.8 Å². The van der Waals surface area contributed by atoms with E-state index in [4.69, 9.17) is 4.74 Å². The van der Waals surface area contributed by atoms with E-state index < -0.39 is 0 Å². The maximum Gasteiger partial charge on any atom is 0.227 e. The summed E-state index contributed by atoms with van der Waals surface area (Å²) in [5, 5.41) is 2.91. The van der Waals surface area contributed by atoms with Gasteiger partial charge in [0.05, 0.1) is 19.5 Å². The lowest BCUT2D eigenvalue weighted by Crippen LogP contribution is -2.56. The number of amides is 2. The molecular formula is C22H24N2O3.